The number of hydrogen-bond acceptors (Lipinski definition) is 3. The van der Waals surface area contributed by atoms with Gasteiger partial charge in [-0.2, -0.15) is 0 Å². The summed E-state index contributed by atoms with van der Waals surface area (Å²) in [6.07, 6.45) is 0. The number of amides is 2. The van der Waals surface area contributed by atoms with E-state index in [4.69, 9.17) is 0 Å². The van der Waals surface area contributed by atoms with E-state index in [9.17, 15) is 9.59 Å². The van der Waals surface area contributed by atoms with Crippen molar-refractivity contribution < 1.29 is 9.59 Å². The number of rotatable bonds is 3. The molecule has 5 heteroatoms. The standard InChI is InChI=1S/C19H17BrN2O2/c1-11-7-8-13(9-12(11)2)16-17(19(24)22(3)18(16)23)21-15-6-4-5-14(20)10-15/h4-10,21H,1-3H3. The summed E-state index contributed by atoms with van der Waals surface area (Å²) in [5.41, 5.74) is 4.44. The number of nitrogens with one attached hydrogen (secondary N) is 1. The number of imide groups is 1. The Morgan fingerprint density at radius 1 is 0.958 bits per heavy atom. The number of carbonyl (C=O) groups is 2. The Bertz CT molecular complexity index is 887. The molecule has 0 unspecified atom stereocenters. The van der Waals surface area contributed by atoms with Crippen LogP contribution in [0, 0.1) is 13.8 Å². The molecule has 24 heavy (non-hydrogen) atoms. The lowest BCUT2D eigenvalue weighted by molar-refractivity contribution is -0.135. The summed E-state index contributed by atoms with van der Waals surface area (Å²) in [5.74, 6) is -0.617. The van der Waals surface area contributed by atoms with Crippen LogP contribution in [0.3, 0.4) is 0 Å². The Morgan fingerprint density at radius 2 is 1.71 bits per heavy atom. The van der Waals surface area contributed by atoms with Crippen LogP contribution >= 0.6 is 15.9 Å². The quantitative estimate of drug-likeness (QED) is 0.816. The van der Waals surface area contributed by atoms with Crippen LogP contribution in [-0.2, 0) is 9.59 Å². The molecule has 0 spiro atoms. The smallest absolute Gasteiger partial charge is 0.277 e. The Labute approximate surface area is 149 Å². The van der Waals surface area contributed by atoms with E-state index in [2.05, 4.69) is 21.2 Å². The van der Waals surface area contributed by atoms with E-state index in [1.165, 1.54) is 7.05 Å². The van der Waals surface area contributed by atoms with Crippen molar-refractivity contribution >= 4 is 39.0 Å². The molecule has 3 rings (SSSR count). The Kier molecular flexibility index (Phi) is 4.28. The van der Waals surface area contributed by atoms with Crippen molar-refractivity contribution in [1.29, 1.82) is 0 Å². The molecular weight excluding hydrogens is 368 g/mol. The van der Waals surface area contributed by atoms with Gasteiger partial charge in [-0.05, 0) is 48.7 Å². The fourth-order valence-electron chi connectivity index (χ4n) is 2.63. The van der Waals surface area contributed by atoms with Crippen molar-refractivity contribution in [2.45, 2.75) is 13.8 Å². The number of halogens is 1. The van der Waals surface area contributed by atoms with E-state index in [0.29, 0.717) is 11.3 Å². The zero-order valence-corrected chi connectivity index (χ0v) is 15.3. The lowest BCUT2D eigenvalue weighted by Gasteiger charge is -2.09. The average Bonchev–Trinajstić information content (AvgIpc) is 2.75. The molecule has 0 saturated carbocycles. The fourth-order valence-corrected chi connectivity index (χ4v) is 3.03. The molecule has 2 aromatic carbocycles. The number of carbonyl (C=O) groups excluding carboxylic acids is 2. The lowest BCUT2D eigenvalue weighted by Crippen LogP contribution is -2.27. The normalized spacial score (nSPS) is 14.6. The minimum Gasteiger partial charge on any atom is -0.350 e. The number of nitrogens with zero attached hydrogens (tertiary/aromatic N) is 1. The summed E-state index contributed by atoms with van der Waals surface area (Å²) in [5, 5.41) is 3.11. The van der Waals surface area contributed by atoms with Crippen LogP contribution in [0.5, 0.6) is 0 Å². The first-order chi connectivity index (χ1) is 11.4. The van der Waals surface area contributed by atoms with Crippen LogP contribution in [-0.4, -0.2) is 23.8 Å². The summed E-state index contributed by atoms with van der Waals surface area (Å²) < 4.78 is 0.894. The molecule has 2 aromatic rings. The largest absolute Gasteiger partial charge is 0.350 e. The molecule has 0 bridgehead atoms. The summed E-state index contributed by atoms with van der Waals surface area (Å²) in [4.78, 5) is 26.2. The van der Waals surface area contributed by atoms with E-state index in [0.717, 1.165) is 31.8 Å². The molecule has 1 aliphatic rings. The van der Waals surface area contributed by atoms with Gasteiger partial charge in [0.25, 0.3) is 11.8 Å². The summed E-state index contributed by atoms with van der Waals surface area (Å²) in [6, 6.07) is 13.3. The highest BCUT2D eigenvalue weighted by molar-refractivity contribution is 9.10. The van der Waals surface area contributed by atoms with Gasteiger partial charge in [-0.1, -0.05) is 40.2 Å². The molecule has 1 aliphatic heterocycles. The lowest BCUT2D eigenvalue weighted by atomic mass is 9.99. The van der Waals surface area contributed by atoms with Gasteiger partial charge in [0.05, 0.1) is 5.57 Å². The number of benzene rings is 2. The van der Waals surface area contributed by atoms with Gasteiger partial charge in [0.2, 0.25) is 0 Å². The van der Waals surface area contributed by atoms with Crippen molar-refractivity contribution in [2.75, 3.05) is 12.4 Å². The molecular formula is C19H17BrN2O2. The van der Waals surface area contributed by atoms with Crippen molar-refractivity contribution in [1.82, 2.24) is 4.90 Å². The van der Waals surface area contributed by atoms with Crippen LogP contribution in [0.2, 0.25) is 0 Å². The van der Waals surface area contributed by atoms with E-state index in [-0.39, 0.29) is 11.8 Å². The first-order valence-electron chi connectivity index (χ1n) is 7.55. The van der Waals surface area contributed by atoms with Gasteiger partial charge >= 0.3 is 0 Å². The molecule has 0 fully saturated rings. The van der Waals surface area contributed by atoms with Gasteiger partial charge in [-0.25, -0.2) is 0 Å². The van der Waals surface area contributed by atoms with Crippen LogP contribution < -0.4 is 5.32 Å². The predicted molar refractivity (Wildman–Crippen MR) is 98.4 cm³/mol. The van der Waals surface area contributed by atoms with Gasteiger partial charge in [-0.15, -0.1) is 0 Å². The average molecular weight is 385 g/mol. The molecule has 1 heterocycles. The zero-order chi connectivity index (χ0) is 17.4. The Hall–Kier alpha value is -2.40. The predicted octanol–water partition coefficient (Wildman–Crippen LogP) is 3.89. The van der Waals surface area contributed by atoms with Gasteiger partial charge in [-0.3, -0.25) is 14.5 Å². The molecule has 0 atom stereocenters. The molecule has 1 N–H and O–H groups in total. The highest BCUT2D eigenvalue weighted by Gasteiger charge is 2.36. The highest BCUT2D eigenvalue weighted by Crippen LogP contribution is 2.31. The maximum atomic E-state index is 12.6. The van der Waals surface area contributed by atoms with Crippen LogP contribution in [0.25, 0.3) is 5.57 Å². The van der Waals surface area contributed by atoms with Crippen LogP contribution in [0.1, 0.15) is 16.7 Å². The maximum absolute atomic E-state index is 12.6. The molecule has 2 amide bonds. The summed E-state index contributed by atoms with van der Waals surface area (Å²) >= 11 is 3.41. The minimum atomic E-state index is -0.326. The van der Waals surface area contributed by atoms with Crippen molar-refractivity contribution in [3.8, 4) is 0 Å². The minimum absolute atomic E-state index is 0.291. The molecule has 4 nitrogen and oxygen atoms in total. The second kappa shape index (κ2) is 6.24. The zero-order valence-electron chi connectivity index (χ0n) is 13.7. The van der Waals surface area contributed by atoms with Gasteiger partial charge in [0, 0.05) is 17.2 Å². The second-order valence-corrected chi connectivity index (χ2v) is 6.77. The third-order valence-electron chi connectivity index (χ3n) is 4.18. The third kappa shape index (κ3) is 2.87. The summed E-state index contributed by atoms with van der Waals surface area (Å²) in [6.45, 7) is 4.01. The molecule has 0 radical (unpaired) electrons. The highest BCUT2D eigenvalue weighted by atomic mass is 79.9. The second-order valence-electron chi connectivity index (χ2n) is 5.85. The first kappa shape index (κ1) is 16.5. The van der Waals surface area contributed by atoms with Gasteiger partial charge in [0.1, 0.15) is 5.70 Å². The maximum Gasteiger partial charge on any atom is 0.277 e. The molecule has 122 valence electrons. The van der Waals surface area contributed by atoms with Gasteiger partial charge in [0.15, 0.2) is 0 Å². The summed E-state index contributed by atoms with van der Waals surface area (Å²) in [7, 11) is 1.50. The van der Waals surface area contributed by atoms with Gasteiger partial charge < -0.3 is 5.32 Å². The van der Waals surface area contributed by atoms with E-state index >= 15 is 0 Å². The number of likely N-dealkylation sites (N-methyl/N-ethyl adjacent to an activating group) is 1. The third-order valence-corrected chi connectivity index (χ3v) is 4.67. The SMILES string of the molecule is Cc1ccc(C2=C(Nc3cccc(Br)c3)C(=O)N(C)C2=O)cc1C. The van der Waals surface area contributed by atoms with E-state index in [1.807, 2.05) is 56.3 Å². The monoisotopic (exact) mass is 384 g/mol. The number of hydrogen-bond donors (Lipinski definition) is 1. The topological polar surface area (TPSA) is 49.4 Å². The van der Waals surface area contributed by atoms with Crippen molar-refractivity contribution in [3.63, 3.8) is 0 Å². The Balaban J connectivity index is 2.11. The molecule has 0 aliphatic carbocycles. The van der Waals surface area contributed by atoms with Crippen molar-refractivity contribution in [3.05, 3.63) is 69.3 Å². The van der Waals surface area contributed by atoms with Crippen LogP contribution in [0.15, 0.2) is 52.6 Å². The van der Waals surface area contributed by atoms with Crippen molar-refractivity contribution in [2.24, 2.45) is 0 Å². The van der Waals surface area contributed by atoms with E-state index in [1.54, 1.807) is 0 Å². The van der Waals surface area contributed by atoms with E-state index < -0.39 is 0 Å². The first-order valence-corrected chi connectivity index (χ1v) is 8.34. The molecule has 0 saturated heterocycles. The fraction of sp³-hybridized carbons (Fsp3) is 0.158. The molecule has 0 aromatic heterocycles. The number of anilines is 1. The number of aryl methyl sites for hydroxylation is 2. The Morgan fingerprint density at radius 3 is 2.38 bits per heavy atom. The van der Waals surface area contributed by atoms with Crippen LogP contribution in [0.4, 0.5) is 5.69 Å².